The third-order valence-corrected chi connectivity index (χ3v) is 3.21. The molecule has 0 aliphatic heterocycles. The van der Waals surface area contributed by atoms with E-state index in [0.29, 0.717) is 12.5 Å². The molecule has 0 spiro atoms. The number of allylic oxidation sites excluding steroid dienone is 2. The van der Waals surface area contributed by atoms with Crippen LogP contribution in [0.5, 0.6) is 0 Å². The molecule has 0 aromatic carbocycles. The van der Waals surface area contributed by atoms with E-state index in [2.05, 4.69) is 0 Å². The lowest BCUT2D eigenvalue weighted by atomic mass is 9.80. The van der Waals surface area contributed by atoms with Gasteiger partial charge in [0.1, 0.15) is 0 Å². The van der Waals surface area contributed by atoms with Gasteiger partial charge in [-0.15, -0.1) is 0 Å². The number of esters is 1. The van der Waals surface area contributed by atoms with Crippen molar-refractivity contribution in [2.45, 2.75) is 26.2 Å². The summed E-state index contributed by atoms with van der Waals surface area (Å²) in [4.78, 5) is 31.2. The Kier molecular flexibility index (Phi) is 5.49. The predicted octanol–water partition coefficient (Wildman–Crippen LogP) is 1.62. The molecule has 1 atom stereocenters. The molecular formula is C14H18O6. The number of hydrogen-bond acceptors (Lipinski definition) is 4. The Morgan fingerprint density at radius 3 is 2.60 bits per heavy atom. The van der Waals surface area contributed by atoms with Gasteiger partial charge in [-0.05, 0) is 32.1 Å². The van der Waals surface area contributed by atoms with E-state index in [0.717, 1.165) is 12.8 Å². The van der Waals surface area contributed by atoms with E-state index >= 15 is 0 Å². The minimum atomic E-state index is -0.976. The summed E-state index contributed by atoms with van der Waals surface area (Å²) < 4.78 is 5.23. The topological polar surface area (TPSA) is 101 Å². The third-order valence-electron chi connectivity index (χ3n) is 3.21. The molecule has 0 bridgehead atoms. The van der Waals surface area contributed by atoms with Crippen LogP contribution in [-0.4, -0.2) is 35.2 Å². The van der Waals surface area contributed by atoms with E-state index in [1.807, 2.05) is 0 Å². The van der Waals surface area contributed by atoms with Crippen LogP contribution in [0.1, 0.15) is 26.2 Å². The van der Waals surface area contributed by atoms with Crippen LogP contribution in [0.3, 0.4) is 0 Å². The number of carboxylic acids is 1. The molecule has 2 N–H and O–H groups in total. The van der Waals surface area contributed by atoms with E-state index in [1.54, 1.807) is 19.1 Å². The van der Waals surface area contributed by atoms with Crippen molar-refractivity contribution >= 4 is 18.4 Å². The number of carbonyl (C=O) groups excluding carboxylic acids is 1. The van der Waals surface area contributed by atoms with Crippen LogP contribution in [0.25, 0.3) is 0 Å². The molecule has 0 radical (unpaired) electrons. The van der Waals surface area contributed by atoms with Gasteiger partial charge < -0.3 is 14.9 Å². The van der Waals surface area contributed by atoms with Crippen LogP contribution >= 0.6 is 0 Å². The fourth-order valence-corrected chi connectivity index (χ4v) is 1.82. The summed E-state index contributed by atoms with van der Waals surface area (Å²) in [6.45, 7) is 1.93. The van der Waals surface area contributed by atoms with Crippen molar-refractivity contribution in [3.63, 3.8) is 0 Å². The maximum Gasteiger partial charge on any atom is 0.331 e. The summed E-state index contributed by atoms with van der Waals surface area (Å²) in [7, 11) is 0. The van der Waals surface area contributed by atoms with Gasteiger partial charge in [-0.1, -0.05) is 18.2 Å². The highest BCUT2D eigenvalue weighted by molar-refractivity contribution is 5.90. The van der Waals surface area contributed by atoms with E-state index < -0.39 is 11.4 Å². The Hall–Kier alpha value is -2.11. The van der Waals surface area contributed by atoms with Gasteiger partial charge in [0.2, 0.25) is 0 Å². The lowest BCUT2D eigenvalue weighted by molar-refractivity contribution is -0.152. The molecule has 2 aliphatic rings. The van der Waals surface area contributed by atoms with Crippen LogP contribution in [0.15, 0.2) is 23.8 Å². The average molecular weight is 282 g/mol. The van der Waals surface area contributed by atoms with Gasteiger partial charge in [-0.2, -0.15) is 0 Å². The second kappa shape index (κ2) is 6.88. The van der Waals surface area contributed by atoms with Crippen molar-refractivity contribution < 1.29 is 29.3 Å². The SMILES string of the molecule is CC1(C(=O)OCC2CC2)C=CC=C(C(=O)O)C1.O=CO. The third kappa shape index (κ3) is 4.53. The summed E-state index contributed by atoms with van der Waals surface area (Å²) in [6.07, 6.45) is 7.31. The van der Waals surface area contributed by atoms with Crippen molar-refractivity contribution in [2.75, 3.05) is 6.61 Å². The summed E-state index contributed by atoms with van der Waals surface area (Å²) in [5.41, 5.74) is -0.587. The predicted molar refractivity (Wildman–Crippen MR) is 70.0 cm³/mol. The largest absolute Gasteiger partial charge is 0.483 e. The molecule has 0 heterocycles. The van der Waals surface area contributed by atoms with Crippen molar-refractivity contribution in [2.24, 2.45) is 11.3 Å². The van der Waals surface area contributed by atoms with Crippen LogP contribution < -0.4 is 0 Å². The first-order valence-electron chi connectivity index (χ1n) is 6.29. The minimum absolute atomic E-state index is 0.197. The van der Waals surface area contributed by atoms with E-state index in [1.165, 1.54) is 6.08 Å². The molecule has 0 saturated heterocycles. The van der Waals surface area contributed by atoms with Crippen molar-refractivity contribution in [3.8, 4) is 0 Å². The van der Waals surface area contributed by atoms with Gasteiger partial charge in [0.25, 0.3) is 6.47 Å². The number of ether oxygens (including phenoxy) is 1. The van der Waals surface area contributed by atoms with Gasteiger partial charge in [-0.3, -0.25) is 9.59 Å². The molecule has 1 fully saturated rings. The van der Waals surface area contributed by atoms with Crippen LogP contribution in [0.4, 0.5) is 0 Å². The van der Waals surface area contributed by atoms with Gasteiger partial charge in [0.15, 0.2) is 0 Å². The summed E-state index contributed by atoms with van der Waals surface area (Å²) >= 11 is 0. The summed E-state index contributed by atoms with van der Waals surface area (Å²) in [5, 5.41) is 15.8. The normalized spacial score (nSPS) is 23.9. The molecular weight excluding hydrogens is 264 g/mol. The second-order valence-corrected chi connectivity index (χ2v) is 5.10. The molecule has 6 nitrogen and oxygen atoms in total. The highest BCUT2D eigenvalue weighted by Crippen LogP contribution is 2.34. The molecule has 0 amide bonds. The molecule has 20 heavy (non-hydrogen) atoms. The van der Waals surface area contributed by atoms with E-state index in [-0.39, 0.29) is 24.4 Å². The lowest BCUT2D eigenvalue weighted by Gasteiger charge is -2.26. The Bertz CT molecular complexity index is 447. The molecule has 0 aromatic heterocycles. The number of carbonyl (C=O) groups is 3. The number of hydrogen-bond donors (Lipinski definition) is 2. The molecule has 6 heteroatoms. The molecule has 1 saturated carbocycles. The van der Waals surface area contributed by atoms with Crippen LogP contribution in [0, 0.1) is 11.3 Å². The average Bonchev–Trinajstić information content (AvgIpc) is 3.21. The number of aliphatic carboxylic acids is 1. The Labute approximate surface area is 116 Å². The smallest absolute Gasteiger partial charge is 0.331 e. The Morgan fingerprint density at radius 1 is 1.50 bits per heavy atom. The summed E-state index contributed by atoms with van der Waals surface area (Å²) in [5.74, 6) is -0.785. The zero-order valence-electron chi connectivity index (χ0n) is 11.2. The van der Waals surface area contributed by atoms with Gasteiger partial charge in [0.05, 0.1) is 12.0 Å². The maximum atomic E-state index is 11.9. The monoisotopic (exact) mass is 282 g/mol. The van der Waals surface area contributed by atoms with Gasteiger partial charge in [-0.25, -0.2) is 4.79 Å². The number of carboxylic acid groups (broad SMARTS) is 2. The first-order valence-corrected chi connectivity index (χ1v) is 6.29. The number of rotatable bonds is 4. The molecule has 1 unspecified atom stereocenters. The van der Waals surface area contributed by atoms with Gasteiger partial charge >= 0.3 is 11.9 Å². The Morgan fingerprint density at radius 2 is 2.10 bits per heavy atom. The fraction of sp³-hybridized carbons (Fsp3) is 0.500. The molecule has 2 rings (SSSR count). The first kappa shape index (κ1) is 15.9. The molecule has 0 aromatic rings. The lowest BCUT2D eigenvalue weighted by Crippen LogP contribution is -2.31. The second-order valence-electron chi connectivity index (χ2n) is 5.10. The van der Waals surface area contributed by atoms with Crippen molar-refractivity contribution in [3.05, 3.63) is 23.8 Å². The van der Waals surface area contributed by atoms with Crippen molar-refractivity contribution in [1.82, 2.24) is 0 Å². The van der Waals surface area contributed by atoms with Gasteiger partial charge in [0, 0.05) is 5.57 Å². The van der Waals surface area contributed by atoms with Crippen LogP contribution in [0.2, 0.25) is 0 Å². The highest BCUT2D eigenvalue weighted by Gasteiger charge is 2.37. The fourth-order valence-electron chi connectivity index (χ4n) is 1.82. The maximum absolute atomic E-state index is 11.9. The molecule has 2 aliphatic carbocycles. The van der Waals surface area contributed by atoms with Crippen molar-refractivity contribution in [1.29, 1.82) is 0 Å². The summed E-state index contributed by atoms with van der Waals surface area (Å²) in [6, 6.07) is 0. The zero-order valence-corrected chi connectivity index (χ0v) is 11.2. The quantitative estimate of drug-likeness (QED) is 0.600. The highest BCUT2D eigenvalue weighted by atomic mass is 16.5. The zero-order chi connectivity index (χ0) is 15.2. The minimum Gasteiger partial charge on any atom is -0.483 e. The Balaban J connectivity index is 0.000000612. The van der Waals surface area contributed by atoms with E-state index in [9.17, 15) is 9.59 Å². The van der Waals surface area contributed by atoms with Crippen LogP contribution in [-0.2, 0) is 19.1 Å². The van der Waals surface area contributed by atoms with E-state index in [4.69, 9.17) is 19.7 Å². The molecule has 110 valence electrons. The standard InChI is InChI=1S/C13H16O4.CH2O2/c1-13(12(16)17-8-9-4-5-9)6-2-3-10(7-13)11(14)15;2-1-3/h2-3,6,9H,4-5,7-8H2,1H3,(H,14,15);1H,(H,2,3). The first-order chi connectivity index (χ1) is 9.42.